The van der Waals surface area contributed by atoms with Gasteiger partial charge in [0, 0.05) is 22.6 Å². The smallest absolute Gasteiger partial charge is 0.244 e. The number of nitrogens with zero attached hydrogens (tertiary/aromatic N) is 2. The van der Waals surface area contributed by atoms with Crippen LogP contribution in [-0.4, -0.2) is 57.1 Å². The Hall–Kier alpha value is -2.49. The van der Waals surface area contributed by atoms with Crippen molar-refractivity contribution in [2.75, 3.05) is 24.2 Å². The number of halogens is 2. The van der Waals surface area contributed by atoms with Crippen molar-refractivity contribution < 1.29 is 22.7 Å². The first kappa shape index (κ1) is 29.1. The Balaban J connectivity index is 1.89. The number of amides is 2. The molecule has 2 aromatic carbocycles. The topological polar surface area (TPSA) is 96.0 Å². The molecule has 2 aromatic rings. The molecule has 3 rings (SSSR count). The number of rotatable bonds is 10. The Bertz CT molecular complexity index is 1200. The van der Waals surface area contributed by atoms with Crippen molar-refractivity contribution in [3.63, 3.8) is 0 Å². The highest BCUT2D eigenvalue weighted by atomic mass is 35.5. The summed E-state index contributed by atoms with van der Waals surface area (Å²) in [6.45, 7) is 1.16. The molecule has 0 aliphatic heterocycles. The van der Waals surface area contributed by atoms with Crippen molar-refractivity contribution in [3.8, 4) is 5.75 Å². The molecule has 0 heterocycles. The van der Waals surface area contributed by atoms with Crippen LogP contribution in [0.4, 0.5) is 5.69 Å². The summed E-state index contributed by atoms with van der Waals surface area (Å²) in [6, 6.07) is 10.5. The summed E-state index contributed by atoms with van der Waals surface area (Å²) in [5, 5.41) is 3.85. The summed E-state index contributed by atoms with van der Waals surface area (Å²) in [5.41, 5.74) is 0.896. The first-order valence-electron chi connectivity index (χ1n) is 12.1. The zero-order valence-corrected chi connectivity index (χ0v) is 23.6. The highest BCUT2D eigenvalue weighted by molar-refractivity contribution is 7.92. The minimum atomic E-state index is -3.82. The van der Waals surface area contributed by atoms with Gasteiger partial charge in [0.05, 0.1) is 19.1 Å². The molecule has 0 spiro atoms. The molecule has 0 radical (unpaired) electrons. The van der Waals surface area contributed by atoms with Gasteiger partial charge in [-0.25, -0.2) is 8.42 Å². The second-order valence-electron chi connectivity index (χ2n) is 9.24. The van der Waals surface area contributed by atoms with Gasteiger partial charge < -0.3 is 15.0 Å². The Morgan fingerprint density at radius 3 is 2.30 bits per heavy atom. The summed E-state index contributed by atoms with van der Waals surface area (Å²) in [7, 11) is -2.31. The number of ether oxygens (including phenoxy) is 1. The summed E-state index contributed by atoms with van der Waals surface area (Å²) < 4.78 is 31.5. The van der Waals surface area contributed by atoms with Crippen LogP contribution in [0.2, 0.25) is 10.0 Å². The lowest BCUT2D eigenvalue weighted by Gasteiger charge is -2.33. The molecule has 1 unspecified atom stereocenters. The van der Waals surface area contributed by atoms with Gasteiger partial charge in [0.25, 0.3) is 0 Å². The Morgan fingerprint density at radius 2 is 1.73 bits per heavy atom. The number of benzene rings is 2. The Labute approximate surface area is 228 Å². The van der Waals surface area contributed by atoms with E-state index in [4.69, 9.17) is 27.9 Å². The van der Waals surface area contributed by atoms with Crippen molar-refractivity contribution in [1.82, 2.24) is 10.2 Å². The highest BCUT2D eigenvalue weighted by Gasteiger charge is 2.31. The fraction of sp³-hybridized carbons (Fsp3) is 0.462. The average Bonchev–Trinajstić information content (AvgIpc) is 2.86. The lowest BCUT2D eigenvalue weighted by molar-refractivity contribution is -0.139. The lowest BCUT2D eigenvalue weighted by atomic mass is 9.95. The zero-order valence-electron chi connectivity index (χ0n) is 21.2. The quantitative estimate of drug-likeness (QED) is 0.449. The van der Waals surface area contributed by atoms with Gasteiger partial charge in [0.1, 0.15) is 18.3 Å². The zero-order chi connectivity index (χ0) is 27.2. The maximum atomic E-state index is 13.7. The SMILES string of the molecule is COc1ccc(N(CC(=O)N(Cc2ccc(Cl)cc2Cl)C(C)C(=O)NC2CCCCC2)S(C)(=O)=O)cc1. The summed E-state index contributed by atoms with van der Waals surface area (Å²) in [5.74, 6) is -0.283. The molecule has 1 aliphatic carbocycles. The van der Waals surface area contributed by atoms with Crippen LogP contribution in [0.15, 0.2) is 42.5 Å². The number of hydrogen-bond donors (Lipinski definition) is 1. The van der Waals surface area contributed by atoms with Crippen molar-refractivity contribution in [1.29, 1.82) is 0 Å². The van der Waals surface area contributed by atoms with Crippen molar-refractivity contribution >= 4 is 50.7 Å². The van der Waals surface area contributed by atoms with E-state index in [2.05, 4.69) is 5.32 Å². The molecule has 1 atom stereocenters. The molecule has 1 saturated carbocycles. The second kappa shape index (κ2) is 12.8. The van der Waals surface area contributed by atoms with Gasteiger partial charge in [0.2, 0.25) is 21.8 Å². The van der Waals surface area contributed by atoms with Gasteiger partial charge in [-0.3, -0.25) is 13.9 Å². The molecule has 0 bridgehead atoms. The van der Waals surface area contributed by atoms with E-state index in [0.717, 1.165) is 42.7 Å². The molecule has 0 aromatic heterocycles. The molecular formula is C26H33Cl2N3O5S. The summed E-state index contributed by atoms with van der Waals surface area (Å²) in [6.07, 6.45) is 6.07. The molecular weight excluding hydrogens is 537 g/mol. The van der Waals surface area contributed by atoms with Crippen LogP contribution in [0, 0.1) is 0 Å². The monoisotopic (exact) mass is 569 g/mol. The van der Waals surface area contributed by atoms with Crippen LogP contribution in [-0.2, 0) is 26.2 Å². The number of hydrogen-bond acceptors (Lipinski definition) is 5. The van der Waals surface area contributed by atoms with Crippen molar-refractivity contribution in [2.45, 2.75) is 57.7 Å². The fourth-order valence-electron chi connectivity index (χ4n) is 4.35. The molecule has 8 nitrogen and oxygen atoms in total. The van der Waals surface area contributed by atoms with Crippen molar-refractivity contribution in [3.05, 3.63) is 58.1 Å². The second-order valence-corrected chi connectivity index (χ2v) is 12.0. The van der Waals surface area contributed by atoms with Gasteiger partial charge in [0.15, 0.2) is 0 Å². The summed E-state index contributed by atoms with van der Waals surface area (Å²) >= 11 is 12.4. The first-order chi connectivity index (χ1) is 17.5. The van der Waals surface area contributed by atoms with Crippen LogP contribution in [0.25, 0.3) is 0 Å². The van der Waals surface area contributed by atoms with Crippen LogP contribution in [0.3, 0.4) is 0 Å². The van der Waals surface area contributed by atoms with Gasteiger partial charge in [-0.05, 0) is 61.7 Å². The highest BCUT2D eigenvalue weighted by Crippen LogP contribution is 2.25. The van der Waals surface area contributed by atoms with E-state index >= 15 is 0 Å². The largest absolute Gasteiger partial charge is 0.497 e. The van der Waals surface area contributed by atoms with Crippen LogP contribution >= 0.6 is 23.2 Å². The van der Waals surface area contributed by atoms with Crippen LogP contribution in [0.1, 0.15) is 44.6 Å². The molecule has 1 aliphatic rings. The van der Waals surface area contributed by atoms with Crippen molar-refractivity contribution in [2.24, 2.45) is 0 Å². The number of nitrogens with one attached hydrogen (secondary N) is 1. The number of carbonyl (C=O) groups excluding carboxylic acids is 2. The summed E-state index contributed by atoms with van der Waals surface area (Å²) in [4.78, 5) is 28.2. The molecule has 2 amide bonds. The third kappa shape index (κ3) is 7.99. The van der Waals surface area contributed by atoms with Gasteiger partial charge >= 0.3 is 0 Å². The maximum Gasteiger partial charge on any atom is 0.244 e. The molecule has 37 heavy (non-hydrogen) atoms. The van der Waals surface area contributed by atoms with E-state index < -0.39 is 28.5 Å². The number of anilines is 1. The molecule has 11 heteroatoms. The average molecular weight is 571 g/mol. The van der Waals surface area contributed by atoms with E-state index in [9.17, 15) is 18.0 Å². The van der Waals surface area contributed by atoms with Gasteiger partial charge in [-0.2, -0.15) is 0 Å². The van der Waals surface area contributed by atoms with E-state index in [1.165, 1.54) is 12.0 Å². The van der Waals surface area contributed by atoms with E-state index in [1.807, 2.05) is 0 Å². The maximum absolute atomic E-state index is 13.7. The third-order valence-corrected chi connectivity index (χ3v) is 8.24. The minimum absolute atomic E-state index is 0.00824. The van der Waals surface area contributed by atoms with E-state index in [0.29, 0.717) is 27.0 Å². The predicted octanol–water partition coefficient (Wildman–Crippen LogP) is 4.63. The lowest BCUT2D eigenvalue weighted by Crippen LogP contribution is -2.53. The van der Waals surface area contributed by atoms with E-state index in [1.54, 1.807) is 49.4 Å². The number of sulfonamides is 1. The minimum Gasteiger partial charge on any atom is -0.497 e. The molecule has 1 fully saturated rings. The normalized spacial score (nSPS) is 15.1. The molecule has 202 valence electrons. The first-order valence-corrected chi connectivity index (χ1v) is 14.8. The van der Waals surface area contributed by atoms with Gasteiger partial charge in [-0.15, -0.1) is 0 Å². The predicted molar refractivity (Wildman–Crippen MR) is 147 cm³/mol. The third-order valence-electron chi connectivity index (χ3n) is 6.51. The Morgan fingerprint density at radius 1 is 1.08 bits per heavy atom. The number of methoxy groups -OCH3 is 1. The standard InChI is InChI=1S/C26H33Cl2N3O5S/c1-18(26(33)29-21-7-5-4-6-8-21)30(16-19-9-10-20(27)15-24(19)28)25(32)17-31(37(3,34)35)22-11-13-23(36-2)14-12-22/h9-15,18,21H,4-8,16-17H2,1-3H3,(H,29,33). The number of carbonyl (C=O) groups is 2. The van der Waals surface area contributed by atoms with Crippen LogP contribution in [0.5, 0.6) is 5.75 Å². The van der Waals surface area contributed by atoms with E-state index in [-0.39, 0.29) is 18.5 Å². The van der Waals surface area contributed by atoms with Gasteiger partial charge in [-0.1, -0.05) is 48.5 Å². The molecule has 0 saturated heterocycles. The van der Waals surface area contributed by atoms with Crippen LogP contribution < -0.4 is 14.4 Å². The Kier molecular flexibility index (Phi) is 10.1. The molecule has 1 N–H and O–H groups in total. The fourth-order valence-corrected chi connectivity index (χ4v) is 5.66.